The fourth-order valence-electron chi connectivity index (χ4n) is 2.16. The highest BCUT2D eigenvalue weighted by molar-refractivity contribution is 6.32. The molecular weight excluding hydrogens is 365 g/mol. The van der Waals surface area contributed by atoms with Crippen LogP contribution in [0.3, 0.4) is 0 Å². The summed E-state index contributed by atoms with van der Waals surface area (Å²) in [6.45, 7) is -0.379. The number of nitrogens with one attached hydrogen (secondary N) is 1. The van der Waals surface area contributed by atoms with Crippen LogP contribution in [0.5, 0.6) is 11.5 Å². The van der Waals surface area contributed by atoms with E-state index in [9.17, 15) is 14.0 Å². The van der Waals surface area contributed by atoms with Crippen LogP contribution in [-0.2, 0) is 14.3 Å². The lowest BCUT2D eigenvalue weighted by molar-refractivity contribution is -0.142. The first kappa shape index (κ1) is 17.8. The van der Waals surface area contributed by atoms with E-state index in [0.29, 0.717) is 27.8 Å². The van der Waals surface area contributed by atoms with Crippen molar-refractivity contribution < 1.29 is 28.2 Å². The van der Waals surface area contributed by atoms with Crippen LogP contribution in [0, 0.1) is 5.82 Å². The molecule has 134 valence electrons. The standard InChI is InChI=1S/C18H13ClFNO5/c19-14-7-11(8-15-18(14)26-10-25-15)1-6-17(23)24-9-16(22)21-13-4-2-12(20)3-5-13/h1-8H,9-10H2,(H,21,22)/b6-1+. The first-order valence-electron chi connectivity index (χ1n) is 7.50. The van der Waals surface area contributed by atoms with E-state index in [1.807, 2.05) is 0 Å². The Morgan fingerprint density at radius 2 is 2.00 bits per heavy atom. The molecule has 2 aromatic rings. The minimum atomic E-state index is -0.701. The van der Waals surface area contributed by atoms with E-state index in [1.54, 1.807) is 12.1 Å². The number of rotatable bonds is 5. The minimum absolute atomic E-state index is 0.0907. The lowest BCUT2D eigenvalue weighted by Crippen LogP contribution is -2.20. The zero-order valence-electron chi connectivity index (χ0n) is 13.3. The van der Waals surface area contributed by atoms with E-state index >= 15 is 0 Å². The largest absolute Gasteiger partial charge is 0.454 e. The van der Waals surface area contributed by atoms with E-state index < -0.39 is 24.3 Å². The number of fused-ring (bicyclic) bond motifs is 1. The van der Waals surface area contributed by atoms with Gasteiger partial charge in [0.05, 0.1) is 5.02 Å². The molecule has 0 atom stereocenters. The number of carbonyl (C=O) groups is 2. The molecular formula is C18H13ClFNO5. The number of hydrogen-bond acceptors (Lipinski definition) is 5. The quantitative estimate of drug-likeness (QED) is 0.638. The number of benzene rings is 2. The highest BCUT2D eigenvalue weighted by Gasteiger charge is 2.17. The Hall–Kier alpha value is -3.06. The molecule has 3 rings (SSSR count). The molecule has 0 aliphatic carbocycles. The van der Waals surface area contributed by atoms with Crippen LogP contribution in [0.4, 0.5) is 10.1 Å². The number of carbonyl (C=O) groups excluding carboxylic acids is 2. The smallest absolute Gasteiger partial charge is 0.331 e. The van der Waals surface area contributed by atoms with Crippen molar-refractivity contribution in [2.45, 2.75) is 0 Å². The van der Waals surface area contributed by atoms with Gasteiger partial charge in [-0.25, -0.2) is 9.18 Å². The molecule has 1 amide bonds. The van der Waals surface area contributed by atoms with Gasteiger partial charge in [-0.15, -0.1) is 0 Å². The minimum Gasteiger partial charge on any atom is -0.454 e. The topological polar surface area (TPSA) is 73.9 Å². The van der Waals surface area contributed by atoms with Gasteiger partial charge in [0, 0.05) is 11.8 Å². The van der Waals surface area contributed by atoms with Gasteiger partial charge in [-0.1, -0.05) is 11.6 Å². The van der Waals surface area contributed by atoms with Crippen LogP contribution in [0.25, 0.3) is 6.08 Å². The van der Waals surface area contributed by atoms with Crippen molar-refractivity contribution in [3.63, 3.8) is 0 Å². The molecule has 1 heterocycles. The summed E-state index contributed by atoms with van der Waals surface area (Å²) in [7, 11) is 0. The SMILES string of the molecule is O=C(COC(=O)/C=C/c1cc(Cl)c2c(c1)OCO2)Nc1ccc(F)cc1. The molecule has 0 bridgehead atoms. The second-order valence-electron chi connectivity index (χ2n) is 5.23. The summed E-state index contributed by atoms with van der Waals surface area (Å²) in [5.74, 6) is -0.700. The summed E-state index contributed by atoms with van der Waals surface area (Å²) in [4.78, 5) is 23.4. The maximum absolute atomic E-state index is 12.8. The summed E-state index contributed by atoms with van der Waals surface area (Å²) in [5.41, 5.74) is 1.02. The van der Waals surface area contributed by atoms with Crippen molar-refractivity contribution in [3.05, 3.63) is 58.9 Å². The molecule has 6 nitrogen and oxygen atoms in total. The number of esters is 1. The van der Waals surface area contributed by atoms with Crippen molar-refractivity contribution in [2.75, 3.05) is 18.7 Å². The number of hydrogen-bond donors (Lipinski definition) is 1. The summed E-state index contributed by atoms with van der Waals surface area (Å²) >= 11 is 6.05. The van der Waals surface area contributed by atoms with Crippen molar-refractivity contribution in [1.29, 1.82) is 0 Å². The van der Waals surface area contributed by atoms with Crippen LogP contribution >= 0.6 is 11.6 Å². The zero-order valence-corrected chi connectivity index (χ0v) is 14.1. The highest BCUT2D eigenvalue weighted by Crippen LogP contribution is 2.40. The highest BCUT2D eigenvalue weighted by atomic mass is 35.5. The van der Waals surface area contributed by atoms with Crippen LogP contribution in [0.1, 0.15) is 5.56 Å². The molecule has 0 spiro atoms. The van der Waals surface area contributed by atoms with Gasteiger partial charge in [0.2, 0.25) is 6.79 Å². The third-order valence-corrected chi connectivity index (χ3v) is 3.62. The summed E-state index contributed by atoms with van der Waals surface area (Å²) in [6, 6.07) is 8.50. The van der Waals surface area contributed by atoms with E-state index in [1.165, 1.54) is 36.4 Å². The zero-order chi connectivity index (χ0) is 18.5. The molecule has 1 aliphatic heterocycles. The van der Waals surface area contributed by atoms with Crippen molar-refractivity contribution in [2.24, 2.45) is 0 Å². The molecule has 2 aromatic carbocycles. The normalized spacial score (nSPS) is 12.2. The molecule has 0 saturated heterocycles. The van der Waals surface area contributed by atoms with Gasteiger partial charge >= 0.3 is 5.97 Å². The van der Waals surface area contributed by atoms with Crippen molar-refractivity contribution >= 4 is 35.2 Å². The molecule has 1 aliphatic rings. The van der Waals surface area contributed by atoms with Crippen LogP contribution in [-0.4, -0.2) is 25.3 Å². The van der Waals surface area contributed by atoms with Gasteiger partial charge < -0.3 is 19.5 Å². The Morgan fingerprint density at radius 1 is 1.23 bits per heavy atom. The van der Waals surface area contributed by atoms with E-state index in [2.05, 4.69) is 5.32 Å². The van der Waals surface area contributed by atoms with E-state index in [4.69, 9.17) is 25.8 Å². The van der Waals surface area contributed by atoms with Crippen LogP contribution in [0.15, 0.2) is 42.5 Å². The second-order valence-corrected chi connectivity index (χ2v) is 5.64. The lowest BCUT2D eigenvalue weighted by atomic mass is 10.2. The van der Waals surface area contributed by atoms with Gasteiger partial charge in [-0.05, 0) is 48.0 Å². The fourth-order valence-corrected chi connectivity index (χ4v) is 2.44. The van der Waals surface area contributed by atoms with E-state index in [0.717, 1.165) is 0 Å². The number of ether oxygens (including phenoxy) is 3. The average Bonchev–Trinajstić information content (AvgIpc) is 3.09. The average molecular weight is 378 g/mol. The van der Waals surface area contributed by atoms with Crippen LogP contribution < -0.4 is 14.8 Å². The summed E-state index contributed by atoms with van der Waals surface area (Å²) in [6.07, 6.45) is 2.65. The Bertz CT molecular complexity index is 867. The molecule has 0 aromatic heterocycles. The number of halogens is 2. The Balaban J connectivity index is 1.51. The Labute approximate surface area is 153 Å². The molecule has 0 unspecified atom stereocenters. The Morgan fingerprint density at radius 3 is 2.77 bits per heavy atom. The van der Waals surface area contributed by atoms with Crippen LogP contribution in [0.2, 0.25) is 5.02 Å². The predicted octanol–water partition coefficient (Wildman–Crippen LogP) is 3.40. The molecule has 26 heavy (non-hydrogen) atoms. The first-order chi connectivity index (χ1) is 12.5. The monoisotopic (exact) mass is 377 g/mol. The predicted molar refractivity (Wildman–Crippen MR) is 92.6 cm³/mol. The molecule has 0 radical (unpaired) electrons. The van der Waals surface area contributed by atoms with Gasteiger partial charge in [-0.3, -0.25) is 4.79 Å². The number of amides is 1. The summed E-state index contributed by atoms with van der Waals surface area (Å²) in [5, 5.41) is 2.85. The van der Waals surface area contributed by atoms with Gasteiger partial charge in [0.15, 0.2) is 18.1 Å². The number of anilines is 1. The molecule has 1 N–H and O–H groups in total. The Kier molecular flexibility index (Phi) is 5.38. The third kappa shape index (κ3) is 4.52. The lowest BCUT2D eigenvalue weighted by Gasteiger charge is -2.05. The van der Waals surface area contributed by atoms with Crippen molar-refractivity contribution in [3.8, 4) is 11.5 Å². The van der Waals surface area contributed by atoms with Crippen molar-refractivity contribution in [1.82, 2.24) is 0 Å². The molecule has 8 heteroatoms. The van der Waals surface area contributed by atoms with Gasteiger partial charge in [0.1, 0.15) is 5.82 Å². The first-order valence-corrected chi connectivity index (χ1v) is 7.88. The van der Waals surface area contributed by atoms with Gasteiger partial charge in [0.25, 0.3) is 5.91 Å². The van der Waals surface area contributed by atoms with E-state index in [-0.39, 0.29) is 6.79 Å². The fraction of sp³-hybridized carbons (Fsp3) is 0.111. The maximum Gasteiger partial charge on any atom is 0.331 e. The third-order valence-electron chi connectivity index (χ3n) is 3.33. The maximum atomic E-state index is 12.8. The second kappa shape index (κ2) is 7.88. The molecule has 0 fully saturated rings. The molecule has 0 saturated carbocycles. The van der Waals surface area contributed by atoms with Gasteiger partial charge in [-0.2, -0.15) is 0 Å². The summed E-state index contributed by atoms with van der Waals surface area (Å²) < 4.78 is 28.1.